The largest absolute Gasteiger partial charge is 0.456 e. The van der Waals surface area contributed by atoms with E-state index in [1.165, 1.54) is 31.4 Å². The van der Waals surface area contributed by atoms with Crippen molar-refractivity contribution in [3.05, 3.63) is 113 Å². The maximum absolute atomic E-state index is 13.0. The fourth-order valence-electron chi connectivity index (χ4n) is 5.85. The van der Waals surface area contributed by atoms with E-state index in [-0.39, 0.29) is 5.97 Å². The van der Waals surface area contributed by atoms with E-state index in [4.69, 9.17) is 9.47 Å². The fraction of sp³-hybridized carbons (Fsp3) is 0.286. The Bertz CT molecular complexity index is 1540. The first kappa shape index (κ1) is 26.0. The number of fused-ring (bicyclic) bond motifs is 6. The van der Waals surface area contributed by atoms with Crippen molar-refractivity contribution in [2.24, 2.45) is 0 Å². The molecular formula is C35H36N2O3. The van der Waals surface area contributed by atoms with Crippen LogP contribution in [0.4, 0.5) is 17.1 Å². The lowest BCUT2D eigenvalue weighted by atomic mass is 9.77. The van der Waals surface area contributed by atoms with Crippen molar-refractivity contribution in [2.75, 3.05) is 23.3 Å². The summed E-state index contributed by atoms with van der Waals surface area (Å²) in [6, 6.07) is 28.4. The Kier molecular flexibility index (Phi) is 6.97. The van der Waals surface area contributed by atoms with E-state index in [9.17, 15) is 4.79 Å². The fourth-order valence-corrected chi connectivity index (χ4v) is 5.85. The van der Waals surface area contributed by atoms with Crippen LogP contribution < -0.4 is 15.0 Å². The van der Waals surface area contributed by atoms with Crippen molar-refractivity contribution in [1.29, 1.82) is 0 Å². The van der Waals surface area contributed by atoms with Crippen LogP contribution in [0.1, 0.15) is 72.1 Å². The zero-order valence-electron chi connectivity index (χ0n) is 23.5. The number of rotatable bonds is 9. The van der Waals surface area contributed by atoms with Crippen LogP contribution in [0, 0.1) is 6.92 Å². The van der Waals surface area contributed by atoms with Crippen LogP contribution in [0.5, 0.6) is 11.5 Å². The molecule has 0 radical (unpaired) electrons. The predicted octanol–water partition coefficient (Wildman–Crippen LogP) is 8.71. The number of ether oxygens (including phenoxy) is 2. The van der Waals surface area contributed by atoms with Gasteiger partial charge in [0, 0.05) is 52.9 Å². The molecule has 204 valence electrons. The van der Waals surface area contributed by atoms with Gasteiger partial charge in [0.1, 0.15) is 11.5 Å². The van der Waals surface area contributed by atoms with Gasteiger partial charge in [-0.3, -0.25) is 0 Å². The summed E-state index contributed by atoms with van der Waals surface area (Å²) in [5.41, 5.74) is 6.33. The highest BCUT2D eigenvalue weighted by atomic mass is 16.6. The highest BCUT2D eigenvalue weighted by molar-refractivity contribution is 5.97. The maximum Gasteiger partial charge on any atom is 0.340 e. The predicted molar refractivity (Wildman–Crippen MR) is 161 cm³/mol. The zero-order valence-corrected chi connectivity index (χ0v) is 23.5. The van der Waals surface area contributed by atoms with E-state index in [1.807, 2.05) is 67.6 Å². The van der Waals surface area contributed by atoms with Gasteiger partial charge in [0.05, 0.1) is 5.56 Å². The lowest BCUT2D eigenvalue weighted by Gasteiger charge is -2.36. The van der Waals surface area contributed by atoms with Crippen LogP contribution in [-0.4, -0.2) is 19.1 Å². The van der Waals surface area contributed by atoms with Crippen LogP contribution in [0.3, 0.4) is 0 Å². The summed E-state index contributed by atoms with van der Waals surface area (Å²) >= 11 is 0. The van der Waals surface area contributed by atoms with E-state index in [0.29, 0.717) is 17.1 Å². The van der Waals surface area contributed by atoms with E-state index >= 15 is 0 Å². The average Bonchev–Trinajstić information content (AvgIpc) is 3.26. The first-order chi connectivity index (χ1) is 19.5. The second kappa shape index (κ2) is 10.7. The van der Waals surface area contributed by atoms with Crippen molar-refractivity contribution in [2.45, 2.75) is 52.1 Å². The molecule has 40 heavy (non-hydrogen) atoms. The van der Waals surface area contributed by atoms with Gasteiger partial charge in [0.15, 0.2) is 5.60 Å². The summed E-state index contributed by atoms with van der Waals surface area (Å²) in [6.07, 6.45) is 4.78. The third-order valence-electron chi connectivity index (χ3n) is 7.95. The van der Waals surface area contributed by atoms with Gasteiger partial charge in [0.25, 0.3) is 0 Å². The van der Waals surface area contributed by atoms with Gasteiger partial charge in [0.2, 0.25) is 0 Å². The van der Waals surface area contributed by atoms with Crippen LogP contribution in [-0.2, 0) is 10.3 Å². The third kappa shape index (κ3) is 4.49. The Morgan fingerprint density at radius 2 is 1.40 bits per heavy atom. The Balaban J connectivity index is 1.33. The summed E-state index contributed by atoms with van der Waals surface area (Å²) in [6.45, 7) is 8.69. The molecule has 4 aromatic carbocycles. The van der Waals surface area contributed by atoms with E-state index in [2.05, 4.69) is 48.3 Å². The molecule has 0 aliphatic carbocycles. The SMILES string of the molecule is CCCCN(CCCC)c1ccc(Nc2ccc3c(c2)Oc2cc(C)ccc2C32OC(=O)c3ccccc32)cc1. The molecule has 6 rings (SSSR count). The van der Waals surface area contributed by atoms with Gasteiger partial charge in [-0.2, -0.15) is 0 Å². The molecule has 1 N–H and O–H groups in total. The third-order valence-corrected chi connectivity index (χ3v) is 7.95. The second-order valence-corrected chi connectivity index (χ2v) is 10.8. The molecule has 2 aliphatic rings. The molecule has 1 unspecified atom stereocenters. The summed E-state index contributed by atoms with van der Waals surface area (Å²) in [5, 5.41) is 3.54. The monoisotopic (exact) mass is 532 g/mol. The Morgan fingerprint density at radius 3 is 2.12 bits per heavy atom. The number of hydrogen-bond donors (Lipinski definition) is 1. The van der Waals surface area contributed by atoms with Gasteiger partial charge in [-0.25, -0.2) is 4.79 Å². The van der Waals surface area contributed by atoms with Crippen LogP contribution in [0.2, 0.25) is 0 Å². The summed E-state index contributed by atoms with van der Waals surface area (Å²) in [4.78, 5) is 15.5. The number of benzene rings is 4. The minimum Gasteiger partial charge on any atom is -0.456 e. The number of nitrogens with zero attached hydrogens (tertiary/aromatic N) is 1. The number of nitrogens with one attached hydrogen (secondary N) is 1. The van der Waals surface area contributed by atoms with E-state index < -0.39 is 5.60 Å². The minimum absolute atomic E-state index is 0.316. The molecule has 2 heterocycles. The molecule has 0 saturated carbocycles. The summed E-state index contributed by atoms with van der Waals surface area (Å²) in [7, 11) is 0. The molecule has 5 heteroatoms. The normalized spacial score (nSPS) is 16.5. The topological polar surface area (TPSA) is 50.8 Å². The van der Waals surface area contributed by atoms with Crippen LogP contribution in [0.25, 0.3) is 0 Å². The molecule has 0 saturated heterocycles. The van der Waals surface area contributed by atoms with Gasteiger partial charge in [-0.1, -0.05) is 57.0 Å². The van der Waals surface area contributed by atoms with Gasteiger partial charge in [-0.15, -0.1) is 0 Å². The van der Waals surface area contributed by atoms with Crippen molar-refractivity contribution in [3.63, 3.8) is 0 Å². The molecule has 0 aromatic heterocycles. The summed E-state index contributed by atoms with van der Waals surface area (Å²) < 4.78 is 12.7. The number of carbonyl (C=O) groups is 1. The highest BCUT2D eigenvalue weighted by Gasteiger charge is 2.53. The number of anilines is 3. The first-order valence-electron chi connectivity index (χ1n) is 14.4. The number of esters is 1. The smallest absolute Gasteiger partial charge is 0.340 e. The van der Waals surface area contributed by atoms with E-state index in [0.717, 1.165) is 46.7 Å². The van der Waals surface area contributed by atoms with Crippen molar-refractivity contribution in [3.8, 4) is 11.5 Å². The molecule has 4 aromatic rings. The van der Waals surface area contributed by atoms with Crippen molar-refractivity contribution < 1.29 is 14.3 Å². The van der Waals surface area contributed by atoms with Crippen molar-refractivity contribution >= 4 is 23.0 Å². The lowest BCUT2D eigenvalue weighted by Crippen LogP contribution is -2.33. The summed E-state index contributed by atoms with van der Waals surface area (Å²) in [5.74, 6) is 1.07. The molecule has 0 bridgehead atoms. The van der Waals surface area contributed by atoms with Gasteiger partial charge < -0.3 is 19.7 Å². The average molecular weight is 533 g/mol. The second-order valence-electron chi connectivity index (χ2n) is 10.8. The maximum atomic E-state index is 13.0. The van der Waals surface area contributed by atoms with E-state index in [1.54, 1.807) is 0 Å². The lowest BCUT2D eigenvalue weighted by molar-refractivity contribution is 0.0224. The Morgan fingerprint density at radius 1 is 0.750 bits per heavy atom. The van der Waals surface area contributed by atoms with Crippen LogP contribution in [0.15, 0.2) is 84.9 Å². The molecule has 2 aliphatic heterocycles. The zero-order chi connectivity index (χ0) is 27.7. The Labute approximate surface area is 236 Å². The molecule has 1 atom stereocenters. The number of aryl methyl sites for hydroxylation is 1. The molecule has 0 amide bonds. The first-order valence-corrected chi connectivity index (χ1v) is 14.4. The number of unbranched alkanes of at least 4 members (excludes halogenated alkanes) is 2. The highest BCUT2D eigenvalue weighted by Crippen LogP contribution is 2.56. The van der Waals surface area contributed by atoms with Gasteiger partial charge >= 0.3 is 5.97 Å². The van der Waals surface area contributed by atoms with Gasteiger partial charge in [-0.05, 0) is 73.9 Å². The van der Waals surface area contributed by atoms with Crippen molar-refractivity contribution in [1.82, 2.24) is 0 Å². The number of hydrogen-bond acceptors (Lipinski definition) is 5. The standard InChI is InChI=1S/C35H36N2O3/c1-4-6-20-37(21-7-5-2)27-16-13-25(14-17-27)36-26-15-19-31-33(23-26)39-32-22-24(3)12-18-30(32)35(31)29-11-9-8-10-28(29)34(38)40-35/h8-19,22-23,36H,4-7,20-21H2,1-3H3. The van der Waals surface area contributed by atoms with Crippen LogP contribution >= 0.6 is 0 Å². The number of carbonyl (C=O) groups excluding carboxylic acids is 1. The minimum atomic E-state index is -1.04. The quantitative estimate of drug-likeness (QED) is 0.219. The molecular weight excluding hydrogens is 496 g/mol. The molecule has 1 spiro atoms. The molecule has 5 nitrogen and oxygen atoms in total. The Hall–Kier alpha value is -4.25. The molecule has 0 fully saturated rings.